The summed E-state index contributed by atoms with van der Waals surface area (Å²) in [7, 11) is 0. The van der Waals surface area contributed by atoms with E-state index in [1.165, 1.54) is 38.2 Å². The Kier molecular flexibility index (Phi) is 6.21. The Hall–Kier alpha value is -6.64. The standard InChI is InChI=1S/C48H30O2/c1-3-4-13-29(2)30-22-24-31(25-23-30)43-33-14-5-7-16-35(33)44(36-17-8-6-15-34(36)43)32-26-27-42-40(28-32)45-37-18-9-10-19-38(37)47-46(48(45)50-42)39-20-11-12-21-41(39)49-47/h3-28H,1-2H2/b13-4-. The van der Waals surface area contributed by atoms with Gasteiger partial charge in [0.25, 0.3) is 0 Å². The van der Waals surface area contributed by atoms with Crippen molar-refractivity contribution in [3.05, 3.63) is 176 Å². The predicted molar refractivity (Wildman–Crippen MR) is 213 cm³/mol. The van der Waals surface area contributed by atoms with E-state index in [2.05, 4.69) is 141 Å². The van der Waals surface area contributed by atoms with Crippen molar-refractivity contribution in [2.75, 3.05) is 0 Å². The highest BCUT2D eigenvalue weighted by molar-refractivity contribution is 6.34. The minimum atomic E-state index is 0.863. The number of rotatable bonds is 5. The van der Waals surface area contributed by atoms with Gasteiger partial charge in [0.05, 0.1) is 5.39 Å². The summed E-state index contributed by atoms with van der Waals surface area (Å²) in [5.41, 5.74) is 10.3. The van der Waals surface area contributed by atoms with E-state index in [1.54, 1.807) is 6.08 Å². The van der Waals surface area contributed by atoms with Crippen LogP contribution in [-0.2, 0) is 0 Å². The van der Waals surface area contributed by atoms with E-state index < -0.39 is 0 Å². The van der Waals surface area contributed by atoms with Crippen LogP contribution in [0.1, 0.15) is 5.56 Å². The lowest BCUT2D eigenvalue weighted by atomic mass is 9.85. The smallest absolute Gasteiger partial charge is 0.147 e. The Labute approximate surface area is 288 Å². The van der Waals surface area contributed by atoms with Gasteiger partial charge in [0.15, 0.2) is 0 Å². The second-order valence-electron chi connectivity index (χ2n) is 12.9. The molecule has 0 bridgehead atoms. The van der Waals surface area contributed by atoms with Crippen LogP contribution in [0.5, 0.6) is 0 Å². The zero-order chi connectivity index (χ0) is 33.3. The van der Waals surface area contributed by atoms with Gasteiger partial charge in [0.2, 0.25) is 0 Å². The molecule has 8 aromatic carbocycles. The van der Waals surface area contributed by atoms with Crippen molar-refractivity contribution in [1.29, 1.82) is 0 Å². The van der Waals surface area contributed by atoms with Crippen LogP contribution in [0.4, 0.5) is 0 Å². The summed E-state index contributed by atoms with van der Waals surface area (Å²) < 4.78 is 13.2. The Morgan fingerprint density at radius 2 is 0.980 bits per heavy atom. The maximum Gasteiger partial charge on any atom is 0.147 e. The molecule has 0 N–H and O–H groups in total. The molecule has 2 nitrogen and oxygen atoms in total. The van der Waals surface area contributed by atoms with Gasteiger partial charge in [-0.05, 0) is 78.5 Å². The first-order valence-electron chi connectivity index (χ1n) is 16.9. The van der Waals surface area contributed by atoms with E-state index in [0.29, 0.717) is 0 Å². The van der Waals surface area contributed by atoms with E-state index in [9.17, 15) is 0 Å². The van der Waals surface area contributed by atoms with Gasteiger partial charge in [-0.15, -0.1) is 0 Å². The molecule has 0 aliphatic carbocycles. The van der Waals surface area contributed by atoms with Gasteiger partial charge in [-0.25, -0.2) is 0 Å². The third kappa shape index (κ3) is 4.09. The molecule has 2 heterocycles. The number of para-hydroxylation sites is 1. The normalized spacial score (nSPS) is 12.1. The van der Waals surface area contributed by atoms with Gasteiger partial charge in [0.1, 0.15) is 22.3 Å². The Bertz CT molecular complexity index is 3000. The molecule has 10 rings (SSSR count). The largest absolute Gasteiger partial charge is 0.455 e. The van der Waals surface area contributed by atoms with Crippen molar-refractivity contribution in [2.24, 2.45) is 0 Å². The maximum absolute atomic E-state index is 6.76. The molecule has 234 valence electrons. The molecule has 0 aliphatic rings. The molecule has 10 aromatic rings. The molecule has 0 atom stereocenters. The van der Waals surface area contributed by atoms with E-state index in [4.69, 9.17) is 8.83 Å². The summed E-state index contributed by atoms with van der Waals surface area (Å²) in [5, 5.41) is 11.4. The van der Waals surface area contributed by atoms with Gasteiger partial charge in [-0.2, -0.15) is 0 Å². The minimum Gasteiger partial charge on any atom is -0.455 e. The van der Waals surface area contributed by atoms with Gasteiger partial charge in [-0.1, -0.05) is 153 Å². The van der Waals surface area contributed by atoms with Crippen molar-refractivity contribution in [1.82, 2.24) is 0 Å². The first-order valence-corrected chi connectivity index (χ1v) is 16.9. The lowest BCUT2D eigenvalue weighted by Crippen LogP contribution is -1.91. The summed E-state index contributed by atoms with van der Waals surface area (Å²) in [6.07, 6.45) is 5.68. The molecule has 2 heteroatoms. The van der Waals surface area contributed by atoms with Crippen LogP contribution in [0.3, 0.4) is 0 Å². The van der Waals surface area contributed by atoms with E-state index >= 15 is 0 Å². The van der Waals surface area contributed by atoms with E-state index in [0.717, 1.165) is 71.3 Å². The lowest BCUT2D eigenvalue weighted by molar-refractivity contribution is 0.665. The summed E-state index contributed by atoms with van der Waals surface area (Å²) in [6, 6.07) is 49.7. The average molecular weight is 639 g/mol. The number of benzene rings is 8. The topological polar surface area (TPSA) is 26.3 Å². The third-order valence-corrected chi connectivity index (χ3v) is 10.1. The van der Waals surface area contributed by atoms with Crippen LogP contribution < -0.4 is 0 Å². The first-order chi connectivity index (χ1) is 24.7. The van der Waals surface area contributed by atoms with Crippen molar-refractivity contribution in [3.63, 3.8) is 0 Å². The van der Waals surface area contributed by atoms with Crippen LogP contribution in [0.15, 0.2) is 180 Å². The molecule has 0 aliphatic heterocycles. The highest BCUT2D eigenvalue weighted by Crippen LogP contribution is 2.48. The molecular weight excluding hydrogens is 609 g/mol. The highest BCUT2D eigenvalue weighted by atomic mass is 16.3. The molecule has 0 spiro atoms. The summed E-state index contributed by atoms with van der Waals surface area (Å²) in [4.78, 5) is 0. The first kappa shape index (κ1) is 28.4. The molecule has 0 saturated carbocycles. The molecular formula is C48H30O2. The summed E-state index contributed by atoms with van der Waals surface area (Å²) in [5.74, 6) is 0. The fourth-order valence-corrected chi connectivity index (χ4v) is 7.94. The van der Waals surface area contributed by atoms with E-state index in [-0.39, 0.29) is 0 Å². The molecule has 50 heavy (non-hydrogen) atoms. The monoisotopic (exact) mass is 638 g/mol. The number of furan rings is 2. The molecule has 0 unspecified atom stereocenters. The van der Waals surface area contributed by atoms with Crippen molar-refractivity contribution in [2.45, 2.75) is 0 Å². The van der Waals surface area contributed by atoms with Gasteiger partial charge >= 0.3 is 0 Å². The highest BCUT2D eigenvalue weighted by Gasteiger charge is 2.22. The Balaban J connectivity index is 1.25. The van der Waals surface area contributed by atoms with Gasteiger partial charge in [-0.3, -0.25) is 0 Å². The number of allylic oxidation sites excluding steroid dienone is 4. The molecule has 0 saturated heterocycles. The minimum absolute atomic E-state index is 0.863. The Morgan fingerprint density at radius 1 is 0.460 bits per heavy atom. The summed E-state index contributed by atoms with van der Waals surface area (Å²) in [6.45, 7) is 8.03. The molecule has 0 radical (unpaired) electrons. The van der Waals surface area contributed by atoms with Crippen LogP contribution in [-0.4, -0.2) is 0 Å². The number of hydrogen-bond donors (Lipinski definition) is 0. The second kappa shape index (κ2) is 10.9. The van der Waals surface area contributed by atoms with Gasteiger partial charge < -0.3 is 8.83 Å². The van der Waals surface area contributed by atoms with E-state index in [1.807, 2.05) is 24.3 Å². The van der Waals surface area contributed by atoms with Crippen LogP contribution in [0, 0.1) is 0 Å². The molecule has 0 amide bonds. The van der Waals surface area contributed by atoms with Crippen molar-refractivity contribution < 1.29 is 8.83 Å². The quantitative estimate of drug-likeness (QED) is 0.138. The van der Waals surface area contributed by atoms with Gasteiger partial charge in [0, 0.05) is 21.5 Å². The third-order valence-electron chi connectivity index (χ3n) is 10.1. The molecule has 0 fully saturated rings. The lowest BCUT2D eigenvalue weighted by Gasteiger charge is -2.18. The number of hydrogen-bond acceptors (Lipinski definition) is 2. The second-order valence-corrected chi connectivity index (χ2v) is 12.9. The zero-order valence-corrected chi connectivity index (χ0v) is 27.2. The average Bonchev–Trinajstić information content (AvgIpc) is 3.75. The maximum atomic E-state index is 6.76. The molecule has 2 aromatic heterocycles. The van der Waals surface area contributed by atoms with Crippen LogP contribution in [0.25, 0.3) is 104 Å². The predicted octanol–water partition coefficient (Wildman–Crippen LogP) is 14.0. The van der Waals surface area contributed by atoms with Crippen molar-refractivity contribution in [3.8, 4) is 22.3 Å². The van der Waals surface area contributed by atoms with Crippen molar-refractivity contribution >= 4 is 81.8 Å². The fourth-order valence-electron chi connectivity index (χ4n) is 7.94. The summed E-state index contributed by atoms with van der Waals surface area (Å²) >= 11 is 0. The number of fused-ring (bicyclic) bond motifs is 12. The Morgan fingerprint density at radius 3 is 1.64 bits per heavy atom. The zero-order valence-electron chi connectivity index (χ0n) is 27.2. The SMILES string of the molecule is C=C/C=C\C(=C)c1ccc(-c2c3ccccc3c(-c3ccc4oc5c(c4c3)c3ccccc3c3oc4ccccc4c35)c3ccccc23)cc1. The fraction of sp³-hybridized carbons (Fsp3) is 0. The van der Waals surface area contributed by atoms with Crippen LogP contribution >= 0.6 is 0 Å². The van der Waals surface area contributed by atoms with Crippen LogP contribution in [0.2, 0.25) is 0 Å².